The number of allylic oxidation sites excluding steroid dienone is 5. The Morgan fingerprint density at radius 3 is 2.64 bits per heavy atom. The van der Waals surface area contributed by atoms with Gasteiger partial charge in [0.05, 0.1) is 0 Å². The van der Waals surface area contributed by atoms with E-state index in [1.807, 2.05) is 6.08 Å². The standard InChI is InChI=1S/C11H16/c1-4-9(2)8-11-7-5-6-10(11)3/h4,8H,1,5-7H2,2-3H3/b9-8-. The minimum absolute atomic E-state index is 1.26. The van der Waals surface area contributed by atoms with Crippen LogP contribution in [0.4, 0.5) is 0 Å². The van der Waals surface area contributed by atoms with Crippen molar-refractivity contribution in [3.8, 4) is 0 Å². The maximum atomic E-state index is 3.74. The van der Waals surface area contributed by atoms with Gasteiger partial charge in [-0.2, -0.15) is 0 Å². The lowest BCUT2D eigenvalue weighted by molar-refractivity contribution is 0.898. The summed E-state index contributed by atoms with van der Waals surface area (Å²) in [5.41, 5.74) is 4.37. The Bertz CT molecular complexity index is 216. The first-order valence-electron chi connectivity index (χ1n) is 4.23. The van der Waals surface area contributed by atoms with Crippen LogP contribution in [0.5, 0.6) is 0 Å². The highest BCUT2D eigenvalue weighted by Crippen LogP contribution is 2.26. The van der Waals surface area contributed by atoms with Gasteiger partial charge in [-0.1, -0.05) is 29.9 Å². The van der Waals surface area contributed by atoms with E-state index in [0.717, 1.165) is 0 Å². The fourth-order valence-corrected chi connectivity index (χ4v) is 1.45. The molecule has 0 radical (unpaired) electrons. The van der Waals surface area contributed by atoms with E-state index in [9.17, 15) is 0 Å². The zero-order valence-corrected chi connectivity index (χ0v) is 7.48. The molecule has 0 heteroatoms. The highest BCUT2D eigenvalue weighted by Gasteiger charge is 2.07. The van der Waals surface area contributed by atoms with E-state index >= 15 is 0 Å². The zero-order chi connectivity index (χ0) is 8.27. The number of hydrogen-bond acceptors (Lipinski definition) is 0. The Balaban J connectivity index is 2.75. The monoisotopic (exact) mass is 148 g/mol. The summed E-state index contributed by atoms with van der Waals surface area (Å²) in [5, 5.41) is 0. The molecule has 0 heterocycles. The average Bonchev–Trinajstić information content (AvgIpc) is 2.37. The van der Waals surface area contributed by atoms with Gasteiger partial charge in [-0.05, 0) is 38.7 Å². The van der Waals surface area contributed by atoms with Crippen LogP contribution in [0.15, 0.2) is 35.5 Å². The topological polar surface area (TPSA) is 0 Å². The van der Waals surface area contributed by atoms with Crippen LogP contribution in [0.1, 0.15) is 33.1 Å². The Labute approximate surface area is 69.3 Å². The van der Waals surface area contributed by atoms with E-state index in [-0.39, 0.29) is 0 Å². The predicted octanol–water partition coefficient (Wildman–Crippen LogP) is 3.62. The van der Waals surface area contributed by atoms with E-state index in [4.69, 9.17) is 0 Å². The molecule has 0 atom stereocenters. The van der Waals surface area contributed by atoms with E-state index in [1.54, 1.807) is 5.57 Å². The Morgan fingerprint density at radius 2 is 2.18 bits per heavy atom. The van der Waals surface area contributed by atoms with Crippen LogP contribution >= 0.6 is 0 Å². The molecule has 0 aliphatic heterocycles. The summed E-state index contributed by atoms with van der Waals surface area (Å²) >= 11 is 0. The molecule has 0 N–H and O–H groups in total. The number of rotatable bonds is 2. The van der Waals surface area contributed by atoms with Crippen molar-refractivity contribution in [3.63, 3.8) is 0 Å². The van der Waals surface area contributed by atoms with Crippen LogP contribution in [0.25, 0.3) is 0 Å². The van der Waals surface area contributed by atoms with Crippen LogP contribution in [0, 0.1) is 0 Å². The molecule has 0 fully saturated rings. The van der Waals surface area contributed by atoms with E-state index in [1.165, 1.54) is 30.4 Å². The molecule has 1 aliphatic carbocycles. The van der Waals surface area contributed by atoms with Crippen LogP contribution in [0.2, 0.25) is 0 Å². The van der Waals surface area contributed by atoms with Gasteiger partial charge in [-0.15, -0.1) is 0 Å². The maximum absolute atomic E-state index is 3.74. The largest absolute Gasteiger partial charge is 0.0988 e. The van der Waals surface area contributed by atoms with Gasteiger partial charge in [0.25, 0.3) is 0 Å². The van der Waals surface area contributed by atoms with Crippen LogP contribution < -0.4 is 0 Å². The molecule has 0 aromatic heterocycles. The summed E-state index contributed by atoms with van der Waals surface area (Å²) in [7, 11) is 0. The lowest BCUT2D eigenvalue weighted by Crippen LogP contribution is -1.76. The Morgan fingerprint density at radius 1 is 1.45 bits per heavy atom. The quantitative estimate of drug-likeness (QED) is 0.525. The summed E-state index contributed by atoms with van der Waals surface area (Å²) < 4.78 is 0. The molecular formula is C11H16. The van der Waals surface area contributed by atoms with Crippen molar-refractivity contribution in [2.75, 3.05) is 0 Å². The van der Waals surface area contributed by atoms with Crippen LogP contribution in [-0.4, -0.2) is 0 Å². The van der Waals surface area contributed by atoms with E-state index < -0.39 is 0 Å². The second-order valence-electron chi connectivity index (χ2n) is 3.25. The van der Waals surface area contributed by atoms with Gasteiger partial charge in [0.2, 0.25) is 0 Å². The Kier molecular flexibility index (Phi) is 2.70. The van der Waals surface area contributed by atoms with Gasteiger partial charge in [0.15, 0.2) is 0 Å². The van der Waals surface area contributed by atoms with Gasteiger partial charge in [-0.25, -0.2) is 0 Å². The summed E-state index contributed by atoms with van der Waals surface area (Å²) in [4.78, 5) is 0. The van der Waals surface area contributed by atoms with Crippen molar-refractivity contribution in [2.45, 2.75) is 33.1 Å². The SMILES string of the molecule is C=C/C(C)=C\C1=C(C)CCC1. The van der Waals surface area contributed by atoms with Crippen molar-refractivity contribution >= 4 is 0 Å². The maximum Gasteiger partial charge on any atom is -0.0276 e. The van der Waals surface area contributed by atoms with Crippen molar-refractivity contribution in [2.24, 2.45) is 0 Å². The zero-order valence-electron chi connectivity index (χ0n) is 7.48. The third-order valence-electron chi connectivity index (χ3n) is 2.27. The summed E-state index contributed by atoms with van der Waals surface area (Å²) in [6, 6.07) is 0. The fraction of sp³-hybridized carbons (Fsp3) is 0.455. The van der Waals surface area contributed by atoms with Crippen LogP contribution in [-0.2, 0) is 0 Å². The molecule has 1 rings (SSSR count). The minimum atomic E-state index is 1.26. The molecule has 0 spiro atoms. The molecule has 11 heavy (non-hydrogen) atoms. The third kappa shape index (κ3) is 2.07. The smallest absolute Gasteiger partial charge is 0.0276 e. The molecule has 0 aromatic rings. The molecule has 0 aromatic carbocycles. The highest BCUT2D eigenvalue weighted by atomic mass is 14.1. The lowest BCUT2D eigenvalue weighted by Gasteiger charge is -1.96. The second-order valence-corrected chi connectivity index (χ2v) is 3.25. The second kappa shape index (κ2) is 3.56. The minimum Gasteiger partial charge on any atom is -0.0988 e. The van der Waals surface area contributed by atoms with Crippen LogP contribution in [0.3, 0.4) is 0 Å². The molecule has 0 nitrogen and oxygen atoms in total. The molecule has 0 bridgehead atoms. The molecule has 1 aliphatic rings. The van der Waals surface area contributed by atoms with Gasteiger partial charge in [0, 0.05) is 0 Å². The first-order valence-corrected chi connectivity index (χ1v) is 4.23. The van der Waals surface area contributed by atoms with Crippen molar-refractivity contribution in [1.82, 2.24) is 0 Å². The highest BCUT2D eigenvalue weighted by molar-refractivity contribution is 5.33. The molecule has 0 saturated heterocycles. The average molecular weight is 148 g/mol. The van der Waals surface area contributed by atoms with Crippen molar-refractivity contribution in [1.29, 1.82) is 0 Å². The third-order valence-corrected chi connectivity index (χ3v) is 2.27. The summed E-state index contributed by atoms with van der Waals surface area (Å²) in [6.07, 6.45) is 8.06. The predicted molar refractivity (Wildman–Crippen MR) is 50.5 cm³/mol. The molecule has 0 unspecified atom stereocenters. The summed E-state index contributed by atoms with van der Waals surface area (Å²) in [5.74, 6) is 0. The molecular weight excluding hydrogens is 132 g/mol. The van der Waals surface area contributed by atoms with Gasteiger partial charge < -0.3 is 0 Å². The first kappa shape index (κ1) is 8.32. The molecule has 0 amide bonds. The lowest BCUT2D eigenvalue weighted by atomic mass is 10.1. The van der Waals surface area contributed by atoms with Gasteiger partial charge >= 0.3 is 0 Å². The normalized spacial score (nSPS) is 19.3. The first-order chi connectivity index (χ1) is 5.24. The van der Waals surface area contributed by atoms with E-state index in [2.05, 4.69) is 26.5 Å². The van der Waals surface area contributed by atoms with E-state index in [0.29, 0.717) is 0 Å². The van der Waals surface area contributed by atoms with Gasteiger partial charge in [-0.3, -0.25) is 0 Å². The fourth-order valence-electron chi connectivity index (χ4n) is 1.45. The van der Waals surface area contributed by atoms with Gasteiger partial charge in [0.1, 0.15) is 0 Å². The number of hydrogen-bond donors (Lipinski definition) is 0. The Hall–Kier alpha value is -0.780. The van der Waals surface area contributed by atoms with Crippen molar-refractivity contribution < 1.29 is 0 Å². The summed E-state index contributed by atoms with van der Waals surface area (Å²) in [6.45, 7) is 8.07. The molecule has 60 valence electrons. The molecule has 0 saturated carbocycles. The van der Waals surface area contributed by atoms with Crippen molar-refractivity contribution in [3.05, 3.63) is 35.5 Å².